The Hall–Kier alpha value is -0.630. The van der Waals surface area contributed by atoms with E-state index in [1.54, 1.807) is 0 Å². The first-order valence-corrected chi connectivity index (χ1v) is 9.89. The van der Waals surface area contributed by atoms with Crippen molar-refractivity contribution >= 4 is 31.5 Å². The topological polar surface area (TPSA) is 80.3 Å². The molecule has 0 aromatic heterocycles. The maximum absolute atomic E-state index is 12.3. The molecule has 114 valence electrons. The molecule has 1 rings (SSSR count). The summed E-state index contributed by atoms with van der Waals surface area (Å²) < 4.78 is 50.1. The van der Waals surface area contributed by atoms with E-state index in [4.69, 9.17) is 11.6 Å². The van der Waals surface area contributed by atoms with Gasteiger partial charge in [-0.1, -0.05) is 25.4 Å². The van der Waals surface area contributed by atoms with Gasteiger partial charge in [0, 0.05) is 12.3 Å². The van der Waals surface area contributed by atoms with Crippen molar-refractivity contribution in [3.05, 3.63) is 23.2 Å². The summed E-state index contributed by atoms with van der Waals surface area (Å²) in [6.45, 7) is 3.73. The molecule has 0 amide bonds. The third-order valence-electron chi connectivity index (χ3n) is 2.93. The molecule has 0 heterocycles. The van der Waals surface area contributed by atoms with Crippen LogP contribution >= 0.6 is 11.6 Å². The first-order valence-electron chi connectivity index (χ1n) is 6.13. The smallest absolute Gasteiger partial charge is 0.224 e. The Bertz CT molecular complexity index is 679. The van der Waals surface area contributed by atoms with Gasteiger partial charge in [-0.05, 0) is 31.0 Å². The monoisotopic (exact) mass is 339 g/mol. The van der Waals surface area contributed by atoms with Crippen molar-refractivity contribution < 1.29 is 16.8 Å². The predicted octanol–water partition coefficient (Wildman–Crippen LogP) is 2.21. The Morgan fingerprint density at radius 1 is 1.15 bits per heavy atom. The van der Waals surface area contributed by atoms with Gasteiger partial charge in [-0.15, -0.1) is 0 Å². The molecule has 0 aliphatic rings. The van der Waals surface area contributed by atoms with Crippen LogP contribution in [-0.2, 0) is 19.9 Å². The van der Waals surface area contributed by atoms with E-state index < -0.39 is 19.9 Å². The fourth-order valence-electron chi connectivity index (χ4n) is 1.66. The van der Waals surface area contributed by atoms with Crippen molar-refractivity contribution in [3.8, 4) is 0 Å². The highest BCUT2D eigenvalue weighted by Gasteiger charge is 2.23. The molecule has 0 aliphatic heterocycles. The summed E-state index contributed by atoms with van der Waals surface area (Å²) in [5, 5.41) is -0.00384. The van der Waals surface area contributed by atoms with E-state index in [0.29, 0.717) is 12.8 Å². The second kappa shape index (κ2) is 6.43. The molecule has 0 saturated carbocycles. The molecule has 0 radical (unpaired) electrons. The van der Waals surface area contributed by atoms with Gasteiger partial charge in [-0.3, -0.25) is 0 Å². The molecule has 1 N–H and O–H groups in total. The minimum atomic E-state index is -3.84. The Labute approximate surface area is 125 Å². The molecule has 0 unspecified atom stereocenters. The van der Waals surface area contributed by atoms with E-state index in [0.717, 1.165) is 12.3 Å². The van der Waals surface area contributed by atoms with Gasteiger partial charge < -0.3 is 0 Å². The van der Waals surface area contributed by atoms with Crippen LogP contribution in [0, 0.1) is 0 Å². The predicted molar refractivity (Wildman–Crippen MR) is 79.3 cm³/mol. The first kappa shape index (κ1) is 17.4. The largest absolute Gasteiger partial charge is 0.242 e. The van der Waals surface area contributed by atoms with Crippen molar-refractivity contribution in [2.24, 2.45) is 0 Å². The number of halogens is 1. The van der Waals surface area contributed by atoms with Crippen molar-refractivity contribution in [1.29, 1.82) is 0 Å². The third kappa shape index (κ3) is 4.18. The van der Waals surface area contributed by atoms with Crippen LogP contribution in [0.2, 0.25) is 5.02 Å². The van der Waals surface area contributed by atoms with E-state index in [9.17, 15) is 16.8 Å². The van der Waals surface area contributed by atoms with Crippen molar-refractivity contribution in [3.63, 3.8) is 0 Å². The molecule has 5 nitrogen and oxygen atoms in total. The lowest BCUT2D eigenvalue weighted by atomic mass is 10.2. The standard InChI is InChI=1S/C12H18ClNO4S2/c1-4-9(5-2)14-20(17,18)12-8-10(19(3,15)16)6-7-11(12)13/h6-9,14H,4-5H2,1-3H3. The molecule has 8 heteroatoms. The normalized spacial score (nSPS) is 12.8. The SMILES string of the molecule is CCC(CC)NS(=O)(=O)c1cc(S(C)(=O)=O)ccc1Cl. The summed E-state index contributed by atoms with van der Waals surface area (Å²) in [7, 11) is -7.34. The average molecular weight is 340 g/mol. The van der Waals surface area contributed by atoms with Gasteiger partial charge in [-0.2, -0.15) is 0 Å². The fourth-order valence-corrected chi connectivity index (χ4v) is 4.31. The maximum Gasteiger partial charge on any atom is 0.242 e. The van der Waals surface area contributed by atoms with Crippen LogP contribution in [-0.4, -0.2) is 29.1 Å². The Kier molecular flexibility index (Phi) is 5.60. The molecule has 0 atom stereocenters. The summed E-state index contributed by atoms with van der Waals surface area (Å²) in [4.78, 5) is -0.291. The molecule has 0 bridgehead atoms. The van der Waals surface area contributed by atoms with E-state index >= 15 is 0 Å². The molecule has 0 saturated heterocycles. The van der Waals surface area contributed by atoms with Gasteiger partial charge in [0.1, 0.15) is 4.90 Å². The van der Waals surface area contributed by atoms with Crippen LogP contribution in [0.4, 0.5) is 0 Å². The maximum atomic E-state index is 12.3. The van der Waals surface area contributed by atoms with Crippen molar-refractivity contribution in [1.82, 2.24) is 4.72 Å². The molecule has 0 aliphatic carbocycles. The summed E-state index contributed by atoms with van der Waals surface area (Å²) in [6.07, 6.45) is 2.29. The van der Waals surface area contributed by atoms with E-state index in [1.165, 1.54) is 12.1 Å². The summed E-state index contributed by atoms with van der Waals surface area (Å²) >= 11 is 5.89. The lowest BCUT2D eigenvalue weighted by molar-refractivity contribution is 0.530. The van der Waals surface area contributed by atoms with Gasteiger partial charge in [0.05, 0.1) is 9.92 Å². The lowest BCUT2D eigenvalue weighted by Gasteiger charge is -2.16. The van der Waals surface area contributed by atoms with Gasteiger partial charge in [-0.25, -0.2) is 21.6 Å². The van der Waals surface area contributed by atoms with Crippen molar-refractivity contribution in [2.75, 3.05) is 6.26 Å². The van der Waals surface area contributed by atoms with Crippen LogP contribution in [0.1, 0.15) is 26.7 Å². The number of rotatable bonds is 6. The third-order valence-corrected chi connectivity index (χ3v) is 6.04. The molecule has 1 aromatic rings. The van der Waals surface area contributed by atoms with Gasteiger partial charge in [0.15, 0.2) is 9.84 Å². The number of nitrogens with one attached hydrogen (secondary N) is 1. The summed E-state index contributed by atoms with van der Waals surface area (Å²) in [6, 6.07) is 3.44. The highest BCUT2D eigenvalue weighted by atomic mass is 35.5. The molecular weight excluding hydrogens is 322 g/mol. The number of hydrogen-bond acceptors (Lipinski definition) is 4. The van der Waals surface area contributed by atoms with Crippen LogP contribution in [0.5, 0.6) is 0 Å². The second-order valence-electron chi connectivity index (χ2n) is 4.50. The zero-order valence-corrected chi connectivity index (χ0v) is 13.9. The Balaban J connectivity index is 3.31. The van der Waals surface area contributed by atoms with Gasteiger partial charge >= 0.3 is 0 Å². The molecule has 1 aromatic carbocycles. The summed E-state index contributed by atoms with van der Waals surface area (Å²) in [5.41, 5.74) is 0. The minimum absolute atomic E-state index is 0.00384. The van der Waals surface area contributed by atoms with Gasteiger partial charge in [0.2, 0.25) is 10.0 Å². The van der Waals surface area contributed by atoms with E-state index in [-0.39, 0.29) is 20.9 Å². The Morgan fingerprint density at radius 3 is 2.15 bits per heavy atom. The van der Waals surface area contributed by atoms with Crippen LogP contribution in [0.25, 0.3) is 0 Å². The van der Waals surface area contributed by atoms with E-state index in [2.05, 4.69) is 4.72 Å². The lowest BCUT2D eigenvalue weighted by Crippen LogP contribution is -2.34. The Morgan fingerprint density at radius 2 is 1.70 bits per heavy atom. The molecule has 0 spiro atoms. The van der Waals surface area contributed by atoms with Crippen LogP contribution < -0.4 is 4.72 Å². The van der Waals surface area contributed by atoms with Crippen molar-refractivity contribution in [2.45, 2.75) is 42.5 Å². The zero-order chi connectivity index (χ0) is 15.6. The number of hydrogen-bond donors (Lipinski definition) is 1. The quantitative estimate of drug-likeness (QED) is 0.861. The number of sulfone groups is 1. The minimum Gasteiger partial charge on any atom is -0.224 e. The zero-order valence-electron chi connectivity index (χ0n) is 11.6. The summed E-state index contributed by atoms with van der Waals surface area (Å²) in [5.74, 6) is 0. The first-order chi connectivity index (χ1) is 9.11. The van der Waals surface area contributed by atoms with E-state index in [1.807, 2.05) is 13.8 Å². The van der Waals surface area contributed by atoms with Crippen LogP contribution in [0.15, 0.2) is 28.0 Å². The number of sulfonamides is 1. The number of benzene rings is 1. The second-order valence-corrected chi connectivity index (χ2v) is 8.60. The molecule has 20 heavy (non-hydrogen) atoms. The highest BCUT2D eigenvalue weighted by molar-refractivity contribution is 7.91. The fraction of sp³-hybridized carbons (Fsp3) is 0.500. The molecule has 0 fully saturated rings. The van der Waals surface area contributed by atoms with Gasteiger partial charge in [0.25, 0.3) is 0 Å². The highest BCUT2D eigenvalue weighted by Crippen LogP contribution is 2.25. The average Bonchev–Trinajstić information content (AvgIpc) is 2.34. The van der Waals surface area contributed by atoms with Crippen LogP contribution in [0.3, 0.4) is 0 Å². The molecular formula is C12H18ClNO4S2.